The highest BCUT2D eigenvalue weighted by atomic mass is 19.1. The highest BCUT2D eigenvalue weighted by molar-refractivity contribution is 5.76. The Kier molecular flexibility index (Phi) is 4.16. The predicted octanol–water partition coefficient (Wildman–Crippen LogP) is 4.42. The van der Waals surface area contributed by atoms with E-state index in [1.807, 2.05) is 25.3 Å². The minimum absolute atomic E-state index is 0.00132. The number of hydrogen-bond acceptors (Lipinski definition) is 4. The Morgan fingerprint density at radius 2 is 1.92 bits per heavy atom. The van der Waals surface area contributed by atoms with E-state index in [0.717, 1.165) is 5.52 Å². The van der Waals surface area contributed by atoms with E-state index < -0.39 is 10.5 Å². The third-order valence-corrected chi connectivity index (χ3v) is 3.99. The molecule has 7 heteroatoms. The van der Waals surface area contributed by atoms with Crippen LogP contribution in [0.4, 0.5) is 10.1 Å². The molecule has 1 aromatic heterocycles. The van der Waals surface area contributed by atoms with Crippen LogP contribution in [0.1, 0.15) is 26.6 Å². The number of aryl methyl sites for hydroxylation is 1. The van der Waals surface area contributed by atoms with Crippen molar-refractivity contribution in [3.63, 3.8) is 0 Å². The number of non-ortho nitro benzene ring substituents is 1. The number of nitro benzene ring substituents is 1. The second kappa shape index (κ2) is 6.16. The van der Waals surface area contributed by atoms with Gasteiger partial charge in [0.05, 0.1) is 16.0 Å². The zero-order valence-corrected chi connectivity index (χ0v) is 14.2. The van der Waals surface area contributed by atoms with Gasteiger partial charge in [0.2, 0.25) is 0 Å². The molecule has 6 nitrogen and oxygen atoms in total. The summed E-state index contributed by atoms with van der Waals surface area (Å²) in [5.41, 5.74) is 0.597. The molecule has 0 fully saturated rings. The Hall–Kier alpha value is -2.96. The summed E-state index contributed by atoms with van der Waals surface area (Å²) in [6.45, 7) is 6.36. The van der Waals surface area contributed by atoms with Crippen molar-refractivity contribution in [3.8, 4) is 5.75 Å². The second-order valence-electron chi connectivity index (χ2n) is 6.18. The quantitative estimate of drug-likeness (QED) is 0.508. The van der Waals surface area contributed by atoms with Gasteiger partial charge in [0.1, 0.15) is 11.6 Å². The molecule has 0 bridgehead atoms. The lowest BCUT2D eigenvalue weighted by molar-refractivity contribution is -0.384. The first kappa shape index (κ1) is 16.9. The fraction of sp³-hybridized carbons (Fsp3) is 0.278. The van der Waals surface area contributed by atoms with E-state index in [9.17, 15) is 14.5 Å². The van der Waals surface area contributed by atoms with Gasteiger partial charge in [0.25, 0.3) is 5.69 Å². The van der Waals surface area contributed by atoms with Gasteiger partial charge in [-0.05, 0) is 45.0 Å². The van der Waals surface area contributed by atoms with Gasteiger partial charge < -0.3 is 9.30 Å². The predicted molar refractivity (Wildman–Crippen MR) is 92.1 cm³/mol. The molecule has 130 valence electrons. The van der Waals surface area contributed by atoms with E-state index in [-0.39, 0.29) is 11.5 Å². The SMILES string of the molecule is CCn1c(C(C)(C)Oc2ccc([N+](=O)[O-])cc2)nc2cc(F)ccc21. The Labute approximate surface area is 144 Å². The summed E-state index contributed by atoms with van der Waals surface area (Å²) in [5.74, 6) is 0.819. The Morgan fingerprint density at radius 3 is 2.52 bits per heavy atom. The minimum atomic E-state index is -0.804. The van der Waals surface area contributed by atoms with E-state index in [0.29, 0.717) is 23.6 Å². The summed E-state index contributed by atoms with van der Waals surface area (Å²) < 4.78 is 21.5. The summed E-state index contributed by atoms with van der Waals surface area (Å²) in [4.78, 5) is 14.8. The van der Waals surface area contributed by atoms with Crippen LogP contribution in [0.15, 0.2) is 42.5 Å². The van der Waals surface area contributed by atoms with Gasteiger partial charge in [-0.1, -0.05) is 0 Å². The molecule has 0 spiro atoms. The average Bonchev–Trinajstić information content (AvgIpc) is 2.93. The van der Waals surface area contributed by atoms with Crippen molar-refractivity contribution in [2.75, 3.05) is 0 Å². The molecular formula is C18H18FN3O3. The van der Waals surface area contributed by atoms with E-state index in [4.69, 9.17) is 4.74 Å². The van der Waals surface area contributed by atoms with Crippen LogP contribution in [0.2, 0.25) is 0 Å². The molecule has 0 aliphatic heterocycles. The molecule has 0 saturated heterocycles. The van der Waals surface area contributed by atoms with Crippen LogP contribution in [-0.4, -0.2) is 14.5 Å². The average molecular weight is 343 g/mol. The van der Waals surface area contributed by atoms with Gasteiger partial charge in [0.15, 0.2) is 11.4 Å². The maximum atomic E-state index is 13.5. The van der Waals surface area contributed by atoms with Gasteiger partial charge in [-0.3, -0.25) is 10.1 Å². The lowest BCUT2D eigenvalue weighted by atomic mass is 10.1. The molecule has 0 saturated carbocycles. The van der Waals surface area contributed by atoms with Crippen molar-refractivity contribution >= 4 is 16.7 Å². The van der Waals surface area contributed by atoms with Crippen molar-refractivity contribution in [1.29, 1.82) is 0 Å². The number of fused-ring (bicyclic) bond motifs is 1. The topological polar surface area (TPSA) is 70.2 Å². The molecule has 0 amide bonds. The maximum Gasteiger partial charge on any atom is 0.269 e. The standard InChI is InChI=1S/C18H18FN3O3/c1-4-21-16-10-5-12(19)11-15(16)20-17(21)18(2,3)25-14-8-6-13(7-9-14)22(23)24/h5-11H,4H2,1-3H3. The molecule has 0 aliphatic rings. The molecule has 2 aromatic carbocycles. The first-order chi connectivity index (χ1) is 11.8. The molecule has 0 atom stereocenters. The molecular weight excluding hydrogens is 325 g/mol. The van der Waals surface area contributed by atoms with Crippen LogP contribution in [-0.2, 0) is 12.1 Å². The monoisotopic (exact) mass is 343 g/mol. The van der Waals surface area contributed by atoms with Crippen molar-refractivity contribution < 1.29 is 14.1 Å². The number of nitro groups is 1. The number of imidazole rings is 1. The van der Waals surface area contributed by atoms with Gasteiger partial charge in [0, 0.05) is 24.7 Å². The molecule has 1 heterocycles. The van der Waals surface area contributed by atoms with Crippen molar-refractivity contribution in [1.82, 2.24) is 9.55 Å². The van der Waals surface area contributed by atoms with Crippen molar-refractivity contribution in [2.45, 2.75) is 32.9 Å². The first-order valence-electron chi connectivity index (χ1n) is 7.91. The van der Waals surface area contributed by atoms with E-state index in [2.05, 4.69) is 4.98 Å². The van der Waals surface area contributed by atoms with Crippen LogP contribution in [0.25, 0.3) is 11.0 Å². The molecule has 25 heavy (non-hydrogen) atoms. The molecule has 0 unspecified atom stereocenters. The summed E-state index contributed by atoms with van der Waals surface area (Å²) in [7, 11) is 0. The third kappa shape index (κ3) is 3.17. The number of halogens is 1. The first-order valence-corrected chi connectivity index (χ1v) is 7.91. The zero-order chi connectivity index (χ0) is 18.2. The Bertz CT molecular complexity index is 933. The van der Waals surface area contributed by atoms with Gasteiger partial charge in [-0.15, -0.1) is 0 Å². The van der Waals surface area contributed by atoms with E-state index in [1.54, 1.807) is 18.2 Å². The van der Waals surface area contributed by atoms with Crippen LogP contribution in [0.3, 0.4) is 0 Å². The number of ether oxygens (including phenoxy) is 1. The molecule has 3 rings (SSSR count). The summed E-state index contributed by atoms with van der Waals surface area (Å²) in [5, 5.41) is 10.8. The van der Waals surface area contributed by atoms with Gasteiger partial charge in [-0.2, -0.15) is 0 Å². The molecule has 0 radical (unpaired) electrons. The molecule has 0 N–H and O–H groups in total. The number of benzene rings is 2. The van der Waals surface area contributed by atoms with Crippen molar-refractivity contribution in [2.24, 2.45) is 0 Å². The Morgan fingerprint density at radius 1 is 1.24 bits per heavy atom. The van der Waals surface area contributed by atoms with Crippen LogP contribution < -0.4 is 4.74 Å². The molecule has 3 aromatic rings. The van der Waals surface area contributed by atoms with Gasteiger partial charge >= 0.3 is 0 Å². The number of nitrogens with zero attached hydrogens (tertiary/aromatic N) is 3. The number of hydrogen-bond donors (Lipinski definition) is 0. The number of aromatic nitrogens is 2. The smallest absolute Gasteiger partial charge is 0.269 e. The molecule has 0 aliphatic carbocycles. The van der Waals surface area contributed by atoms with Crippen molar-refractivity contribution in [3.05, 3.63) is 64.2 Å². The normalized spacial score (nSPS) is 11.7. The minimum Gasteiger partial charge on any atom is -0.480 e. The highest BCUT2D eigenvalue weighted by Crippen LogP contribution is 2.31. The highest BCUT2D eigenvalue weighted by Gasteiger charge is 2.30. The lowest BCUT2D eigenvalue weighted by Crippen LogP contribution is -2.29. The fourth-order valence-electron chi connectivity index (χ4n) is 2.86. The largest absolute Gasteiger partial charge is 0.480 e. The summed E-state index contributed by atoms with van der Waals surface area (Å²) in [6, 6.07) is 10.4. The zero-order valence-electron chi connectivity index (χ0n) is 14.2. The maximum absolute atomic E-state index is 13.5. The van der Waals surface area contributed by atoms with E-state index >= 15 is 0 Å². The van der Waals surface area contributed by atoms with E-state index in [1.165, 1.54) is 24.3 Å². The van der Waals surface area contributed by atoms with Gasteiger partial charge in [-0.25, -0.2) is 9.37 Å². The van der Waals surface area contributed by atoms with Crippen LogP contribution >= 0.6 is 0 Å². The number of rotatable bonds is 5. The summed E-state index contributed by atoms with van der Waals surface area (Å²) in [6.07, 6.45) is 0. The third-order valence-electron chi connectivity index (χ3n) is 3.99. The van der Waals surface area contributed by atoms with Crippen LogP contribution in [0.5, 0.6) is 5.75 Å². The lowest BCUT2D eigenvalue weighted by Gasteiger charge is -2.26. The van der Waals surface area contributed by atoms with Crippen LogP contribution in [0, 0.1) is 15.9 Å². The second-order valence-corrected chi connectivity index (χ2v) is 6.18. The summed E-state index contributed by atoms with van der Waals surface area (Å²) >= 11 is 0. The Balaban J connectivity index is 1.98. The fourth-order valence-corrected chi connectivity index (χ4v) is 2.86.